The predicted octanol–water partition coefficient (Wildman–Crippen LogP) is 4.76. The number of carbonyl (C=O) groups excluding carboxylic acids is 1. The summed E-state index contributed by atoms with van der Waals surface area (Å²) in [6.45, 7) is -0.106. The topological polar surface area (TPSA) is 134 Å². The van der Waals surface area contributed by atoms with Crippen LogP contribution in [-0.4, -0.2) is 76.5 Å². The third kappa shape index (κ3) is 8.91. The maximum absolute atomic E-state index is 12.4. The molecular formula is C32H34ClNO8. The van der Waals surface area contributed by atoms with E-state index in [4.69, 9.17) is 26.2 Å². The first kappa shape index (κ1) is 32.3. The molecule has 3 aromatic carbocycles. The Morgan fingerprint density at radius 1 is 0.833 bits per heavy atom. The first-order valence-electron chi connectivity index (χ1n) is 13.2. The summed E-state index contributed by atoms with van der Waals surface area (Å²) < 4.78 is 11.2. The number of halogens is 1. The van der Waals surface area contributed by atoms with Gasteiger partial charge in [-0.1, -0.05) is 72.8 Å². The van der Waals surface area contributed by atoms with Crippen molar-refractivity contribution in [1.82, 2.24) is 4.90 Å². The maximum atomic E-state index is 12.4. The van der Waals surface area contributed by atoms with Gasteiger partial charge in [-0.2, -0.15) is 0 Å². The largest absolute Gasteiger partial charge is 0.488 e. The van der Waals surface area contributed by atoms with Crippen molar-refractivity contribution >= 4 is 40.7 Å². The number of nitrogens with zero attached hydrogens (tertiary/aromatic N) is 1. The monoisotopic (exact) mass is 595 g/mol. The highest BCUT2D eigenvalue weighted by molar-refractivity contribution is 6.18. The molecule has 0 amide bonds. The van der Waals surface area contributed by atoms with Gasteiger partial charge in [0.2, 0.25) is 0 Å². The van der Waals surface area contributed by atoms with Crippen molar-refractivity contribution in [2.24, 2.45) is 0 Å². The van der Waals surface area contributed by atoms with Crippen molar-refractivity contribution < 1.29 is 39.2 Å². The van der Waals surface area contributed by atoms with Crippen molar-refractivity contribution in [2.75, 3.05) is 26.6 Å². The third-order valence-electron chi connectivity index (χ3n) is 6.49. The van der Waals surface area contributed by atoms with Crippen molar-refractivity contribution in [2.45, 2.75) is 31.1 Å². The molecule has 3 rings (SSSR count). The van der Waals surface area contributed by atoms with Gasteiger partial charge in [0.15, 0.2) is 11.8 Å². The predicted molar refractivity (Wildman–Crippen MR) is 159 cm³/mol. The summed E-state index contributed by atoms with van der Waals surface area (Å²) in [6.07, 6.45) is -2.46. The molecule has 0 radical (unpaired) electrons. The lowest BCUT2D eigenvalue weighted by molar-refractivity contribution is -0.177. The summed E-state index contributed by atoms with van der Waals surface area (Å²) in [4.78, 5) is 36.3. The second-order valence-electron chi connectivity index (χ2n) is 9.85. The molecule has 42 heavy (non-hydrogen) atoms. The number of esters is 1. The Bertz CT molecular complexity index is 1380. The number of ether oxygens (including phenoxy) is 2. The van der Waals surface area contributed by atoms with Crippen LogP contribution in [0.15, 0.2) is 84.9 Å². The molecule has 0 heterocycles. The fourth-order valence-corrected chi connectivity index (χ4v) is 4.53. The van der Waals surface area contributed by atoms with E-state index in [1.54, 1.807) is 26.2 Å². The minimum absolute atomic E-state index is 0.106. The number of likely N-dealkylation sites (N-methyl/N-ethyl adjacent to an activating group) is 1. The van der Waals surface area contributed by atoms with Gasteiger partial charge in [0.05, 0.1) is 12.8 Å². The van der Waals surface area contributed by atoms with Crippen molar-refractivity contribution in [3.63, 3.8) is 0 Å². The second kappa shape index (κ2) is 15.2. The lowest BCUT2D eigenvalue weighted by Crippen LogP contribution is -2.45. The summed E-state index contributed by atoms with van der Waals surface area (Å²) in [6, 6.07) is 27.6. The molecule has 0 aromatic heterocycles. The van der Waals surface area contributed by atoms with Gasteiger partial charge >= 0.3 is 17.9 Å². The molecule has 0 saturated heterocycles. The fourth-order valence-electron chi connectivity index (χ4n) is 4.34. The van der Waals surface area contributed by atoms with Gasteiger partial charge in [0, 0.05) is 5.88 Å². The lowest BCUT2D eigenvalue weighted by atomic mass is 9.88. The van der Waals surface area contributed by atoms with Crippen LogP contribution in [-0.2, 0) is 19.1 Å². The number of hydrogen-bond acceptors (Lipinski definition) is 7. The highest BCUT2D eigenvalue weighted by Gasteiger charge is 2.42. The molecule has 0 aliphatic rings. The standard InChI is InChI=1S/C32H34ClNO8/c1-34(2)27(42-29(37)20-32(40,31(38)39)19-28(35)36)21-41-25-15-13-24(14-16-25)30(23-11-7-4-8-12-23)26(17-18-33)22-9-5-3-6-10-22/h3-16,27,40H,17-21H2,1-2H3,(H,35,36)(H,38,39)/b30-26-. The van der Waals surface area contributed by atoms with Crippen LogP contribution in [0.2, 0.25) is 0 Å². The summed E-state index contributed by atoms with van der Waals surface area (Å²) in [7, 11) is 3.26. The normalized spacial score (nSPS) is 13.9. The van der Waals surface area contributed by atoms with Gasteiger partial charge < -0.3 is 24.8 Å². The van der Waals surface area contributed by atoms with Crippen LogP contribution in [0.1, 0.15) is 36.0 Å². The van der Waals surface area contributed by atoms with Crippen LogP contribution in [0, 0.1) is 0 Å². The zero-order valence-corrected chi connectivity index (χ0v) is 24.2. The Balaban J connectivity index is 1.80. The molecule has 2 atom stereocenters. The van der Waals surface area contributed by atoms with E-state index in [0.717, 1.165) is 27.8 Å². The molecule has 2 unspecified atom stereocenters. The minimum Gasteiger partial charge on any atom is -0.488 e. The third-order valence-corrected chi connectivity index (χ3v) is 6.68. The number of carboxylic acid groups (broad SMARTS) is 2. The molecule has 0 aliphatic heterocycles. The van der Waals surface area contributed by atoms with E-state index < -0.39 is 42.6 Å². The van der Waals surface area contributed by atoms with Gasteiger partial charge in [0.1, 0.15) is 12.4 Å². The Morgan fingerprint density at radius 3 is 1.88 bits per heavy atom. The van der Waals surface area contributed by atoms with Crippen LogP contribution in [0.3, 0.4) is 0 Å². The molecule has 0 aliphatic carbocycles. The van der Waals surface area contributed by atoms with Gasteiger partial charge in [-0.25, -0.2) is 4.79 Å². The summed E-state index contributed by atoms with van der Waals surface area (Å²) in [5.41, 5.74) is 2.43. The van der Waals surface area contributed by atoms with Crippen molar-refractivity contribution in [1.29, 1.82) is 0 Å². The molecule has 0 saturated carbocycles. The number of benzene rings is 3. The first-order chi connectivity index (χ1) is 20.0. The highest BCUT2D eigenvalue weighted by Crippen LogP contribution is 2.35. The van der Waals surface area contributed by atoms with E-state index in [2.05, 4.69) is 24.3 Å². The zero-order valence-electron chi connectivity index (χ0n) is 23.4. The van der Waals surface area contributed by atoms with E-state index in [9.17, 15) is 24.6 Å². The SMILES string of the molecule is CN(C)C(COc1ccc(/C(=C(/CCCl)c2ccccc2)c2ccccc2)cc1)OC(=O)CC(O)(CC(=O)O)C(=O)O. The number of aliphatic carboxylic acids is 2. The first-order valence-corrected chi connectivity index (χ1v) is 13.7. The average Bonchev–Trinajstić information content (AvgIpc) is 2.96. The molecule has 0 bridgehead atoms. The molecule has 0 fully saturated rings. The number of rotatable bonds is 15. The summed E-state index contributed by atoms with van der Waals surface area (Å²) in [5, 5.41) is 28.3. The quantitative estimate of drug-likeness (QED) is 0.0983. The van der Waals surface area contributed by atoms with E-state index in [1.807, 2.05) is 48.5 Å². The molecule has 3 aromatic rings. The fraction of sp³-hybridized carbons (Fsp3) is 0.281. The van der Waals surface area contributed by atoms with Crippen LogP contribution < -0.4 is 4.74 Å². The number of aliphatic hydroxyl groups is 1. The molecule has 0 spiro atoms. The Morgan fingerprint density at radius 2 is 1.38 bits per heavy atom. The molecule has 222 valence electrons. The molecule has 10 heteroatoms. The van der Waals surface area contributed by atoms with Crippen LogP contribution in [0.4, 0.5) is 0 Å². The van der Waals surface area contributed by atoms with Crippen LogP contribution >= 0.6 is 11.6 Å². The van der Waals surface area contributed by atoms with Crippen LogP contribution in [0.5, 0.6) is 5.75 Å². The lowest BCUT2D eigenvalue weighted by Gasteiger charge is -2.26. The summed E-state index contributed by atoms with van der Waals surface area (Å²) in [5.74, 6) is -3.52. The van der Waals surface area contributed by atoms with E-state index in [0.29, 0.717) is 18.1 Å². The minimum atomic E-state index is -2.79. The van der Waals surface area contributed by atoms with Gasteiger partial charge in [-0.05, 0) is 60.5 Å². The molecule has 9 nitrogen and oxygen atoms in total. The van der Waals surface area contributed by atoms with Gasteiger partial charge in [0.25, 0.3) is 0 Å². The van der Waals surface area contributed by atoms with E-state index in [1.165, 1.54) is 4.90 Å². The molecule has 3 N–H and O–H groups in total. The number of carboxylic acids is 2. The zero-order chi connectivity index (χ0) is 30.7. The van der Waals surface area contributed by atoms with Crippen molar-refractivity contribution in [3.05, 3.63) is 102 Å². The smallest absolute Gasteiger partial charge is 0.336 e. The van der Waals surface area contributed by atoms with E-state index >= 15 is 0 Å². The van der Waals surface area contributed by atoms with Crippen LogP contribution in [0.25, 0.3) is 11.1 Å². The number of carbonyl (C=O) groups is 3. The number of hydrogen-bond donors (Lipinski definition) is 3. The van der Waals surface area contributed by atoms with Crippen molar-refractivity contribution in [3.8, 4) is 5.75 Å². The van der Waals surface area contributed by atoms with Gasteiger partial charge in [-0.3, -0.25) is 14.5 Å². The average molecular weight is 596 g/mol. The maximum Gasteiger partial charge on any atom is 0.336 e. The van der Waals surface area contributed by atoms with E-state index in [-0.39, 0.29) is 6.61 Å². The Labute approximate surface area is 249 Å². The highest BCUT2D eigenvalue weighted by atomic mass is 35.5. The second-order valence-corrected chi connectivity index (χ2v) is 10.2. The Hall–Kier alpha value is -4.18. The molecular weight excluding hydrogens is 562 g/mol. The Kier molecular flexibility index (Phi) is 11.7. The van der Waals surface area contributed by atoms with Gasteiger partial charge in [-0.15, -0.1) is 11.6 Å². The number of allylic oxidation sites excluding steroid dienone is 1. The number of alkyl halides is 1. The summed E-state index contributed by atoms with van der Waals surface area (Å²) >= 11 is 6.23.